The summed E-state index contributed by atoms with van der Waals surface area (Å²) >= 11 is 0. The molecular weight excluding hydrogens is 443 g/mol. The molecule has 32 heavy (non-hydrogen) atoms. The van der Waals surface area contributed by atoms with Crippen molar-refractivity contribution in [2.24, 2.45) is 0 Å². The van der Waals surface area contributed by atoms with Gasteiger partial charge in [-0.2, -0.15) is 0 Å². The van der Waals surface area contributed by atoms with Crippen LogP contribution in [-0.4, -0.2) is 26.4 Å². The third-order valence-corrected chi connectivity index (χ3v) is 12.9. The highest BCUT2D eigenvalue weighted by molar-refractivity contribution is 7.80. The third-order valence-electron chi connectivity index (χ3n) is 5.99. The van der Waals surface area contributed by atoms with Gasteiger partial charge in [0.1, 0.15) is 11.5 Å². The van der Waals surface area contributed by atoms with Gasteiger partial charge in [-0.3, -0.25) is 0 Å². The first-order chi connectivity index (χ1) is 14.7. The molecule has 0 atom stereocenters. The Morgan fingerprint density at radius 3 is 1.34 bits per heavy atom. The Bertz CT molecular complexity index is 1070. The van der Waals surface area contributed by atoms with Crippen molar-refractivity contribution in [2.75, 3.05) is 0 Å². The summed E-state index contributed by atoms with van der Waals surface area (Å²) in [6, 6.07) is 16.9. The van der Waals surface area contributed by atoms with E-state index in [0.29, 0.717) is 11.5 Å². The van der Waals surface area contributed by atoms with Crippen molar-refractivity contribution in [3.05, 3.63) is 65.2 Å². The molecule has 0 aliphatic carbocycles. The number of phenolic OH excluding ortho intramolecular Hbond substituents is 2. The van der Waals surface area contributed by atoms with Gasteiger partial charge >= 0.3 is 0 Å². The first kappa shape index (κ1) is 24.8. The van der Waals surface area contributed by atoms with Crippen molar-refractivity contribution in [3.63, 3.8) is 0 Å². The van der Waals surface area contributed by atoms with E-state index in [-0.39, 0.29) is 0 Å². The molecule has 0 aliphatic heterocycles. The van der Waals surface area contributed by atoms with Gasteiger partial charge in [-0.05, 0) is 55.5 Å². The first-order valence-corrected chi connectivity index (χ1v) is 19.6. The molecule has 0 spiro atoms. The molecule has 0 saturated carbocycles. The minimum atomic E-state index is -1.74. The summed E-state index contributed by atoms with van der Waals surface area (Å²) in [5.74, 6) is 0.824. The fraction of sp³-hybridized carbons (Fsp3) is 0.333. The fourth-order valence-electron chi connectivity index (χ4n) is 4.53. The monoisotopic (exact) mass is 480 g/mol. The summed E-state index contributed by atoms with van der Waals surface area (Å²) in [6.07, 6.45) is 0. The number of aromatic hydroxyl groups is 2. The predicted molar refractivity (Wildman–Crippen MR) is 149 cm³/mol. The van der Waals surface area contributed by atoms with Crippen LogP contribution in [0.1, 0.15) is 16.7 Å². The smallest absolute Gasteiger partial charge is 0.123 e. The molecule has 170 valence electrons. The molecule has 5 heteroatoms. The van der Waals surface area contributed by atoms with Crippen LogP contribution < -0.4 is 26.3 Å². The molecule has 0 bridgehead atoms. The number of benzene rings is 3. The highest BCUT2D eigenvalue weighted by Gasteiger charge is 2.31. The van der Waals surface area contributed by atoms with Gasteiger partial charge in [0.05, 0.1) is 16.1 Å². The van der Waals surface area contributed by atoms with Gasteiger partial charge in [-0.15, -0.1) is 0 Å². The van der Waals surface area contributed by atoms with E-state index < -0.39 is 24.1 Å². The topological polar surface area (TPSA) is 40.5 Å². The lowest BCUT2D eigenvalue weighted by atomic mass is 10.1. The van der Waals surface area contributed by atoms with Crippen molar-refractivity contribution in [3.8, 4) is 11.5 Å². The average Bonchev–Trinajstić information content (AvgIpc) is 2.64. The standard InChI is InChI=1S/C27H37O2PSi2/c1-18-16-19(2)27(20(3)17-18)30(21-12-10-14-23(25(21)28)31(4,5)6)22-13-11-15-24(26(22)29)32(7,8)9/h10-17,28-29H,1-9H3. The van der Waals surface area contributed by atoms with E-state index in [1.807, 2.05) is 0 Å². The van der Waals surface area contributed by atoms with Gasteiger partial charge in [-0.1, -0.05) is 93.4 Å². The quantitative estimate of drug-likeness (QED) is 0.404. The normalized spacial score (nSPS) is 12.4. The molecule has 0 aliphatic rings. The second-order valence-corrected chi connectivity index (χ2v) is 23.1. The van der Waals surface area contributed by atoms with Gasteiger partial charge in [0.15, 0.2) is 0 Å². The van der Waals surface area contributed by atoms with E-state index in [1.165, 1.54) is 22.0 Å². The zero-order valence-electron chi connectivity index (χ0n) is 21.0. The predicted octanol–water partition coefficient (Wildman–Crippen LogP) is 4.87. The highest BCUT2D eigenvalue weighted by atomic mass is 31.1. The van der Waals surface area contributed by atoms with Crippen LogP contribution in [0.5, 0.6) is 11.5 Å². The van der Waals surface area contributed by atoms with E-state index in [1.54, 1.807) is 0 Å². The van der Waals surface area contributed by atoms with Crippen molar-refractivity contribution in [1.29, 1.82) is 0 Å². The zero-order chi connectivity index (χ0) is 24.0. The number of aryl methyl sites for hydroxylation is 3. The van der Waals surface area contributed by atoms with Crippen molar-refractivity contribution < 1.29 is 10.2 Å². The minimum Gasteiger partial charge on any atom is -0.507 e. The van der Waals surface area contributed by atoms with Gasteiger partial charge in [0.25, 0.3) is 0 Å². The van der Waals surface area contributed by atoms with Crippen LogP contribution >= 0.6 is 7.92 Å². The SMILES string of the molecule is Cc1cc(C)c(P(c2cccc([Si](C)(C)C)c2O)c2cccc([Si](C)(C)C)c2O)c(C)c1. The van der Waals surface area contributed by atoms with Gasteiger partial charge in [0, 0.05) is 10.6 Å². The molecule has 3 aromatic carbocycles. The number of hydrogen-bond donors (Lipinski definition) is 2. The summed E-state index contributed by atoms with van der Waals surface area (Å²) in [6.45, 7) is 20.0. The molecule has 2 N–H and O–H groups in total. The summed E-state index contributed by atoms with van der Waals surface area (Å²) in [5, 5.41) is 28.4. The van der Waals surface area contributed by atoms with Crippen LogP contribution in [0.3, 0.4) is 0 Å². The number of hydrogen-bond acceptors (Lipinski definition) is 2. The number of rotatable bonds is 5. The lowest BCUT2D eigenvalue weighted by Gasteiger charge is -2.29. The van der Waals surface area contributed by atoms with Crippen LogP contribution in [0, 0.1) is 20.8 Å². The molecule has 0 amide bonds. The largest absolute Gasteiger partial charge is 0.507 e. The van der Waals surface area contributed by atoms with Crippen LogP contribution in [0.2, 0.25) is 39.3 Å². The molecule has 3 aromatic rings. The summed E-state index contributed by atoms with van der Waals surface area (Å²) in [5.41, 5.74) is 3.66. The third kappa shape index (κ3) is 4.73. The van der Waals surface area contributed by atoms with E-state index in [4.69, 9.17) is 0 Å². The maximum absolute atomic E-state index is 11.6. The second-order valence-electron chi connectivity index (χ2n) is 10.9. The Morgan fingerprint density at radius 2 is 1.00 bits per heavy atom. The maximum atomic E-state index is 11.6. The van der Waals surface area contributed by atoms with Crippen LogP contribution in [-0.2, 0) is 0 Å². The molecule has 0 radical (unpaired) electrons. The van der Waals surface area contributed by atoms with E-state index in [9.17, 15) is 10.2 Å². The highest BCUT2D eigenvalue weighted by Crippen LogP contribution is 2.41. The Labute approximate surface area is 197 Å². The van der Waals surface area contributed by atoms with Crippen LogP contribution in [0.15, 0.2) is 48.5 Å². The second kappa shape index (κ2) is 8.81. The number of para-hydroxylation sites is 2. The minimum absolute atomic E-state index is 0.412. The molecule has 0 fully saturated rings. The number of phenols is 2. The maximum Gasteiger partial charge on any atom is 0.123 e. The van der Waals surface area contributed by atoms with E-state index >= 15 is 0 Å². The van der Waals surface area contributed by atoms with Crippen LogP contribution in [0.4, 0.5) is 0 Å². The molecular formula is C27H37O2PSi2. The molecule has 0 unspecified atom stereocenters. The van der Waals surface area contributed by atoms with E-state index in [2.05, 4.69) is 109 Å². The molecule has 2 nitrogen and oxygen atoms in total. The van der Waals surface area contributed by atoms with Crippen LogP contribution in [0.25, 0.3) is 0 Å². The summed E-state index contributed by atoms with van der Waals surface area (Å²) < 4.78 is 0. The van der Waals surface area contributed by atoms with E-state index in [0.717, 1.165) is 21.0 Å². The van der Waals surface area contributed by atoms with Gasteiger partial charge < -0.3 is 10.2 Å². The zero-order valence-corrected chi connectivity index (χ0v) is 23.9. The first-order valence-electron chi connectivity index (χ1n) is 11.3. The molecule has 0 aromatic heterocycles. The van der Waals surface area contributed by atoms with Crippen molar-refractivity contribution >= 4 is 50.4 Å². The Balaban J connectivity index is 2.42. The van der Waals surface area contributed by atoms with Gasteiger partial charge in [-0.25, -0.2) is 0 Å². The average molecular weight is 481 g/mol. The summed E-state index contributed by atoms with van der Waals surface area (Å²) in [4.78, 5) is 0. The molecule has 0 heterocycles. The Morgan fingerprint density at radius 1 is 0.625 bits per heavy atom. The Hall–Kier alpha value is -1.88. The summed E-state index contributed by atoms with van der Waals surface area (Å²) in [7, 11) is -4.61. The molecule has 0 saturated heterocycles. The lowest BCUT2D eigenvalue weighted by molar-refractivity contribution is 0.483. The fourth-order valence-corrected chi connectivity index (χ4v) is 10.3. The van der Waals surface area contributed by atoms with Crippen molar-refractivity contribution in [1.82, 2.24) is 0 Å². The van der Waals surface area contributed by atoms with Gasteiger partial charge in [0.2, 0.25) is 0 Å². The Kier molecular flexibility index (Phi) is 6.82. The van der Waals surface area contributed by atoms with Crippen molar-refractivity contribution in [2.45, 2.75) is 60.1 Å². The molecule has 3 rings (SSSR count). The lowest BCUT2D eigenvalue weighted by Crippen LogP contribution is -2.41.